The molecule has 1 amide bonds. The van der Waals surface area contributed by atoms with E-state index in [2.05, 4.69) is 26.5 Å². The molecule has 124 valence electrons. The molecule has 0 fully saturated rings. The second-order valence-electron chi connectivity index (χ2n) is 5.50. The second kappa shape index (κ2) is 8.74. The Morgan fingerprint density at radius 1 is 1.24 bits per heavy atom. The summed E-state index contributed by atoms with van der Waals surface area (Å²) in [6, 6.07) is 6.91. The van der Waals surface area contributed by atoms with Gasteiger partial charge in [-0.05, 0) is 44.0 Å². The zero-order valence-corrected chi connectivity index (χ0v) is 18.6. The first-order valence-corrected chi connectivity index (χ1v) is 8.23. The molecule has 1 aliphatic carbocycles. The molecule has 0 bridgehead atoms. The Bertz CT molecular complexity index is 843. The molecule has 1 N–H and O–H groups in total. The van der Waals surface area contributed by atoms with Crippen molar-refractivity contribution in [1.29, 1.82) is 0 Å². The van der Waals surface area contributed by atoms with Gasteiger partial charge in [0.2, 0.25) is 0 Å². The van der Waals surface area contributed by atoms with Crippen molar-refractivity contribution < 1.29 is 70.5 Å². The number of carbonyl (C=O) groups excluding carboxylic acids is 2. The van der Waals surface area contributed by atoms with Crippen LogP contribution in [0.4, 0.5) is 0 Å². The molecular formula is C17H14BrKN2O4. The van der Waals surface area contributed by atoms with Gasteiger partial charge in [-0.2, -0.15) is 5.10 Å². The van der Waals surface area contributed by atoms with Gasteiger partial charge in [-0.3, -0.25) is 4.79 Å². The van der Waals surface area contributed by atoms with Crippen molar-refractivity contribution >= 4 is 33.5 Å². The zero-order chi connectivity index (χ0) is 17.3. The molecule has 0 spiro atoms. The topological polar surface area (TPSA) is 94.7 Å². The fraction of sp³-hybridized carbons (Fsp3) is 0.235. The molecule has 3 rings (SSSR count). The van der Waals surface area contributed by atoms with E-state index in [0.29, 0.717) is 41.0 Å². The molecule has 0 aliphatic heterocycles. The summed E-state index contributed by atoms with van der Waals surface area (Å²) in [5.74, 6) is -1.27. The average molecular weight is 429 g/mol. The number of hydrogen-bond acceptors (Lipinski definition) is 5. The van der Waals surface area contributed by atoms with Crippen molar-refractivity contribution in [3.05, 3.63) is 56.9 Å². The smallest absolute Gasteiger partial charge is 0.542 e. The van der Waals surface area contributed by atoms with Crippen molar-refractivity contribution in [3.63, 3.8) is 0 Å². The molecule has 8 heteroatoms. The Labute approximate surface area is 195 Å². The molecular weight excluding hydrogens is 415 g/mol. The Morgan fingerprint density at radius 2 is 1.92 bits per heavy atom. The van der Waals surface area contributed by atoms with Gasteiger partial charge in [0, 0.05) is 27.6 Å². The van der Waals surface area contributed by atoms with E-state index in [1.807, 2.05) is 0 Å². The number of carbonyl (C=O) groups is 2. The number of fused-ring (bicyclic) bond motifs is 1. The van der Waals surface area contributed by atoms with E-state index in [-0.39, 0.29) is 63.1 Å². The normalized spacial score (nSPS) is 14.6. The molecule has 25 heavy (non-hydrogen) atoms. The van der Waals surface area contributed by atoms with Gasteiger partial charge in [0.25, 0.3) is 5.91 Å². The molecule has 0 unspecified atom stereocenters. The molecule has 0 radical (unpaired) electrons. The third-order valence-electron chi connectivity index (χ3n) is 3.91. The summed E-state index contributed by atoms with van der Waals surface area (Å²) in [6.45, 7) is 1.66. The summed E-state index contributed by atoms with van der Waals surface area (Å²) in [5.41, 5.74) is 4.78. The van der Waals surface area contributed by atoms with E-state index in [4.69, 9.17) is 4.42 Å². The van der Waals surface area contributed by atoms with E-state index in [1.165, 1.54) is 0 Å². The van der Waals surface area contributed by atoms with Gasteiger partial charge in [0.15, 0.2) is 5.76 Å². The molecule has 1 aromatic heterocycles. The Morgan fingerprint density at radius 3 is 2.56 bits per heavy atom. The Kier molecular flexibility index (Phi) is 7.18. The third-order valence-corrected chi connectivity index (χ3v) is 4.44. The van der Waals surface area contributed by atoms with E-state index >= 15 is 0 Å². The predicted molar refractivity (Wildman–Crippen MR) is 88.9 cm³/mol. The number of furan rings is 1. The third kappa shape index (κ3) is 4.50. The van der Waals surface area contributed by atoms with Crippen LogP contribution < -0.4 is 61.9 Å². The van der Waals surface area contributed by atoms with Crippen LogP contribution in [0.1, 0.15) is 50.6 Å². The summed E-state index contributed by atoms with van der Waals surface area (Å²) in [5, 5.41) is 15.3. The molecule has 1 heterocycles. The second-order valence-corrected chi connectivity index (χ2v) is 6.42. The minimum Gasteiger partial charge on any atom is -0.542 e. The van der Waals surface area contributed by atoms with Gasteiger partial charge in [0.1, 0.15) is 11.7 Å². The standard InChI is InChI=1S/C17H15BrN2O4.K/c1-9-14-12(3-2-4-13(14)24-15(9)17(22)23)19-20-16(21)10-5-7-11(18)8-6-10;/h5-8H,2-4H2,1H3,(H,20,21)(H,22,23);/q;+1/p-1/b19-12+;. The first-order valence-electron chi connectivity index (χ1n) is 7.44. The van der Waals surface area contributed by atoms with Gasteiger partial charge in [-0.15, -0.1) is 0 Å². The van der Waals surface area contributed by atoms with Crippen molar-refractivity contribution in [3.8, 4) is 0 Å². The number of rotatable bonds is 3. The van der Waals surface area contributed by atoms with Crippen LogP contribution in [-0.4, -0.2) is 17.6 Å². The SMILES string of the molecule is Cc1c(C(=O)[O-])oc2c1/C(=N/NC(=O)c1ccc(Br)cc1)CCC2.[K+]. The van der Waals surface area contributed by atoms with Crippen LogP contribution in [0.2, 0.25) is 0 Å². The van der Waals surface area contributed by atoms with Gasteiger partial charge >= 0.3 is 51.4 Å². The maximum atomic E-state index is 12.1. The first-order chi connectivity index (χ1) is 11.5. The van der Waals surface area contributed by atoms with E-state index in [9.17, 15) is 14.7 Å². The van der Waals surface area contributed by atoms with E-state index in [0.717, 1.165) is 10.9 Å². The van der Waals surface area contributed by atoms with Crippen molar-refractivity contribution in [2.45, 2.75) is 26.2 Å². The summed E-state index contributed by atoms with van der Waals surface area (Å²) >= 11 is 3.31. The first kappa shape index (κ1) is 20.5. The summed E-state index contributed by atoms with van der Waals surface area (Å²) in [7, 11) is 0. The molecule has 0 saturated heterocycles. The quantitative estimate of drug-likeness (QED) is 0.510. The van der Waals surface area contributed by atoms with Crippen molar-refractivity contribution in [1.82, 2.24) is 5.43 Å². The number of carboxylic acids is 1. The minimum atomic E-state index is -1.35. The number of carboxylic acid groups (broad SMARTS) is 1. The van der Waals surface area contributed by atoms with E-state index in [1.54, 1.807) is 31.2 Å². The van der Waals surface area contributed by atoms with Crippen molar-refractivity contribution in [2.24, 2.45) is 5.10 Å². The summed E-state index contributed by atoms with van der Waals surface area (Å²) < 4.78 is 6.25. The molecule has 1 aromatic carbocycles. The molecule has 0 saturated carbocycles. The van der Waals surface area contributed by atoms with Gasteiger partial charge < -0.3 is 14.3 Å². The fourth-order valence-corrected chi connectivity index (χ4v) is 3.02. The molecule has 2 aromatic rings. The average Bonchev–Trinajstić information content (AvgIpc) is 2.91. The number of amides is 1. The minimum absolute atomic E-state index is 0. The molecule has 1 aliphatic rings. The maximum Gasteiger partial charge on any atom is 1.00 e. The van der Waals surface area contributed by atoms with Crippen LogP contribution in [0, 0.1) is 6.92 Å². The van der Waals surface area contributed by atoms with Crippen LogP contribution in [0.5, 0.6) is 0 Å². The monoisotopic (exact) mass is 428 g/mol. The Balaban J connectivity index is 0.00000225. The molecule has 0 atom stereocenters. The van der Waals surface area contributed by atoms with Crippen LogP contribution in [-0.2, 0) is 6.42 Å². The number of hydrazone groups is 1. The largest absolute Gasteiger partial charge is 1.00 e. The fourth-order valence-electron chi connectivity index (χ4n) is 2.76. The number of aryl methyl sites for hydroxylation is 1. The van der Waals surface area contributed by atoms with Gasteiger partial charge in [-0.25, -0.2) is 5.43 Å². The van der Waals surface area contributed by atoms with Crippen molar-refractivity contribution in [2.75, 3.05) is 0 Å². The van der Waals surface area contributed by atoms with Crippen LogP contribution in [0.25, 0.3) is 0 Å². The zero-order valence-electron chi connectivity index (χ0n) is 13.9. The Hall–Kier alpha value is -0.774. The van der Waals surface area contributed by atoms with E-state index < -0.39 is 5.97 Å². The maximum absolute atomic E-state index is 12.1. The summed E-state index contributed by atoms with van der Waals surface area (Å²) in [4.78, 5) is 23.3. The molecule has 6 nitrogen and oxygen atoms in total. The number of aromatic carboxylic acids is 1. The van der Waals surface area contributed by atoms with Gasteiger partial charge in [-0.1, -0.05) is 15.9 Å². The van der Waals surface area contributed by atoms with Crippen LogP contribution in [0.3, 0.4) is 0 Å². The van der Waals surface area contributed by atoms with Crippen LogP contribution >= 0.6 is 15.9 Å². The number of halogens is 1. The van der Waals surface area contributed by atoms with Gasteiger partial charge in [0.05, 0.1) is 5.71 Å². The number of benzene rings is 1. The number of hydrogen-bond donors (Lipinski definition) is 1. The predicted octanol–water partition coefficient (Wildman–Crippen LogP) is -0.812. The van der Waals surface area contributed by atoms with Crippen LogP contribution in [0.15, 0.2) is 38.3 Å². The number of nitrogens with zero attached hydrogens (tertiary/aromatic N) is 1. The summed E-state index contributed by atoms with van der Waals surface area (Å²) in [6.07, 6.45) is 2.06. The number of nitrogens with one attached hydrogen (secondary N) is 1.